The Balaban J connectivity index is 4.45. The molecule has 0 fully saturated rings. The van der Waals surface area contributed by atoms with Crippen LogP contribution in [0.5, 0.6) is 0 Å². The summed E-state index contributed by atoms with van der Waals surface area (Å²) in [5.41, 5.74) is 1.97. The van der Waals surface area contributed by atoms with E-state index in [1.165, 1.54) is 7.11 Å². The van der Waals surface area contributed by atoms with E-state index < -0.39 is 0 Å². The van der Waals surface area contributed by atoms with Gasteiger partial charge in [0.2, 0.25) is 0 Å². The Morgan fingerprint density at radius 1 is 1.50 bits per heavy atom. The highest BCUT2D eigenvalue weighted by Crippen LogP contribution is 2.00. The summed E-state index contributed by atoms with van der Waals surface area (Å²) in [7, 11) is 1.45. The van der Waals surface area contributed by atoms with E-state index >= 15 is 0 Å². The molecule has 0 spiro atoms. The summed E-state index contributed by atoms with van der Waals surface area (Å²) in [5, 5.41) is 15.2. The number of oxime groups is 2. The van der Waals surface area contributed by atoms with Gasteiger partial charge in [-0.2, -0.15) is 0 Å². The first-order chi connectivity index (χ1) is 5.61. The standard InChI is InChI=1S/C8H14N2O2/c1-6(2)5-8(10-12-4)7(3)9-11/h11H,1,5H2,2-4H3. The fraction of sp³-hybridized carbons (Fsp3) is 0.500. The summed E-state index contributed by atoms with van der Waals surface area (Å²) >= 11 is 0. The Kier molecular flexibility index (Phi) is 4.76. The normalized spacial score (nSPS) is 12.9. The molecule has 1 N–H and O–H groups in total. The average Bonchev–Trinajstić information content (AvgIpc) is 2.01. The minimum absolute atomic E-state index is 0.444. The summed E-state index contributed by atoms with van der Waals surface area (Å²) in [4.78, 5) is 4.58. The molecule has 0 heterocycles. The molecule has 0 saturated heterocycles. The highest BCUT2D eigenvalue weighted by atomic mass is 16.6. The van der Waals surface area contributed by atoms with Gasteiger partial charge in [-0.05, 0) is 13.8 Å². The van der Waals surface area contributed by atoms with Crippen LogP contribution in [0.4, 0.5) is 0 Å². The van der Waals surface area contributed by atoms with Gasteiger partial charge in [-0.15, -0.1) is 0 Å². The van der Waals surface area contributed by atoms with E-state index in [1.807, 2.05) is 6.92 Å². The van der Waals surface area contributed by atoms with Crippen LogP contribution in [0.3, 0.4) is 0 Å². The fourth-order valence-electron chi connectivity index (χ4n) is 0.680. The second-order valence-electron chi connectivity index (χ2n) is 2.54. The van der Waals surface area contributed by atoms with Crippen LogP contribution < -0.4 is 0 Å². The molecule has 0 saturated carbocycles. The molecule has 0 atom stereocenters. The summed E-state index contributed by atoms with van der Waals surface area (Å²) < 4.78 is 0. The van der Waals surface area contributed by atoms with E-state index in [9.17, 15) is 0 Å². The average molecular weight is 170 g/mol. The number of allylic oxidation sites excluding steroid dienone is 1. The third-order valence-corrected chi connectivity index (χ3v) is 1.24. The van der Waals surface area contributed by atoms with Crippen molar-refractivity contribution in [3.63, 3.8) is 0 Å². The molecule has 0 rings (SSSR count). The SMILES string of the molecule is C=C(C)CC(=NOC)C(C)=NO. The molecule has 0 aromatic carbocycles. The lowest BCUT2D eigenvalue weighted by molar-refractivity contribution is 0.213. The molecule has 4 heteroatoms. The molecular weight excluding hydrogens is 156 g/mol. The highest BCUT2D eigenvalue weighted by Gasteiger charge is 2.05. The molecule has 0 unspecified atom stereocenters. The van der Waals surface area contributed by atoms with E-state index in [4.69, 9.17) is 5.21 Å². The van der Waals surface area contributed by atoms with Crippen LogP contribution in [0.25, 0.3) is 0 Å². The van der Waals surface area contributed by atoms with Gasteiger partial charge in [-0.3, -0.25) is 0 Å². The number of rotatable bonds is 4. The predicted molar refractivity (Wildman–Crippen MR) is 48.8 cm³/mol. The zero-order chi connectivity index (χ0) is 9.56. The molecule has 0 aliphatic carbocycles. The Hall–Kier alpha value is -1.32. The van der Waals surface area contributed by atoms with Gasteiger partial charge in [0.15, 0.2) is 0 Å². The van der Waals surface area contributed by atoms with E-state index in [2.05, 4.69) is 21.7 Å². The summed E-state index contributed by atoms with van der Waals surface area (Å²) in [6.07, 6.45) is 0.559. The Morgan fingerprint density at radius 3 is 2.42 bits per heavy atom. The van der Waals surface area contributed by atoms with Crippen molar-refractivity contribution in [1.29, 1.82) is 0 Å². The van der Waals surface area contributed by atoms with Crippen LogP contribution in [-0.2, 0) is 4.84 Å². The van der Waals surface area contributed by atoms with E-state index in [0.29, 0.717) is 17.8 Å². The largest absolute Gasteiger partial charge is 0.411 e. The van der Waals surface area contributed by atoms with E-state index in [-0.39, 0.29) is 0 Å². The Bertz CT molecular complexity index is 219. The molecule has 12 heavy (non-hydrogen) atoms. The first kappa shape index (κ1) is 10.7. The van der Waals surface area contributed by atoms with Crippen LogP contribution in [0.2, 0.25) is 0 Å². The van der Waals surface area contributed by atoms with Crippen LogP contribution in [0.1, 0.15) is 20.3 Å². The molecule has 0 aromatic rings. The lowest BCUT2D eigenvalue weighted by Gasteiger charge is -2.02. The van der Waals surface area contributed by atoms with Crippen molar-refractivity contribution in [2.75, 3.05) is 7.11 Å². The monoisotopic (exact) mass is 170 g/mol. The molecule has 0 bridgehead atoms. The van der Waals surface area contributed by atoms with E-state index in [1.54, 1.807) is 6.92 Å². The second-order valence-corrected chi connectivity index (χ2v) is 2.54. The topological polar surface area (TPSA) is 54.2 Å². The molecule has 0 aliphatic heterocycles. The maximum Gasteiger partial charge on any atom is 0.108 e. The zero-order valence-electron chi connectivity index (χ0n) is 7.66. The van der Waals surface area contributed by atoms with Crippen molar-refractivity contribution in [3.8, 4) is 0 Å². The molecule has 0 radical (unpaired) electrons. The third-order valence-electron chi connectivity index (χ3n) is 1.24. The fourth-order valence-corrected chi connectivity index (χ4v) is 0.680. The molecule has 68 valence electrons. The molecule has 0 aromatic heterocycles. The Morgan fingerprint density at radius 2 is 2.08 bits per heavy atom. The molecular formula is C8H14N2O2. The van der Waals surface area contributed by atoms with Gasteiger partial charge in [0.05, 0.1) is 0 Å². The van der Waals surface area contributed by atoms with Gasteiger partial charge < -0.3 is 10.0 Å². The van der Waals surface area contributed by atoms with Gasteiger partial charge in [0, 0.05) is 6.42 Å². The quantitative estimate of drug-likeness (QED) is 0.303. The van der Waals surface area contributed by atoms with Gasteiger partial charge in [0.25, 0.3) is 0 Å². The first-order valence-electron chi connectivity index (χ1n) is 3.55. The maximum absolute atomic E-state index is 8.47. The smallest absolute Gasteiger partial charge is 0.108 e. The summed E-state index contributed by atoms with van der Waals surface area (Å²) in [6, 6.07) is 0. The van der Waals surface area contributed by atoms with Crippen molar-refractivity contribution < 1.29 is 10.0 Å². The predicted octanol–water partition coefficient (Wildman–Crippen LogP) is 1.81. The van der Waals surface area contributed by atoms with E-state index in [0.717, 1.165) is 5.57 Å². The number of hydrogen-bond donors (Lipinski definition) is 1. The van der Waals surface area contributed by atoms with Crippen LogP contribution in [0.15, 0.2) is 22.5 Å². The maximum atomic E-state index is 8.47. The number of hydrogen-bond acceptors (Lipinski definition) is 4. The minimum atomic E-state index is 0.444. The van der Waals surface area contributed by atoms with Crippen molar-refractivity contribution in [2.45, 2.75) is 20.3 Å². The van der Waals surface area contributed by atoms with Crippen molar-refractivity contribution in [3.05, 3.63) is 12.2 Å². The highest BCUT2D eigenvalue weighted by molar-refractivity contribution is 6.41. The number of nitrogens with zero attached hydrogens (tertiary/aromatic N) is 2. The van der Waals surface area contributed by atoms with Gasteiger partial charge in [-0.1, -0.05) is 22.5 Å². The van der Waals surface area contributed by atoms with Gasteiger partial charge >= 0.3 is 0 Å². The summed E-state index contributed by atoms with van der Waals surface area (Å²) in [5.74, 6) is 0. The first-order valence-corrected chi connectivity index (χ1v) is 3.55. The van der Waals surface area contributed by atoms with Crippen LogP contribution >= 0.6 is 0 Å². The van der Waals surface area contributed by atoms with Crippen LogP contribution in [-0.4, -0.2) is 23.7 Å². The molecule has 0 amide bonds. The van der Waals surface area contributed by atoms with Crippen molar-refractivity contribution in [2.24, 2.45) is 10.3 Å². The second kappa shape index (κ2) is 5.35. The molecule has 4 nitrogen and oxygen atoms in total. The van der Waals surface area contributed by atoms with Crippen LogP contribution in [0, 0.1) is 0 Å². The van der Waals surface area contributed by atoms with Gasteiger partial charge in [-0.25, -0.2) is 0 Å². The summed E-state index contributed by atoms with van der Waals surface area (Å²) in [6.45, 7) is 7.25. The lowest BCUT2D eigenvalue weighted by atomic mass is 10.1. The third kappa shape index (κ3) is 3.75. The zero-order valence-corrected chi connectivity index (χ0v) is 7.66. The lowest BCUT2D eigenvalue weighted by Crippen LogP contribution is -2.11. The van der Waals surface area contributed by atoms with Crippen molar-refractivity contribution in [1.82, 2.24) is 0 Å². The minimum Gasteiger partial charge on any atom is -0.411 e. The van der Waals surface area contributed by atoms with Crippen molar-refractivity contribution >= 4 is 11.4 Å². The Labute approximate surface area is 72.2 Å². The van der Waals surface area contributed by atoms with Gasteiger partial charge in [0.1, 0.15) is 18.5 Å². The molecule has 0 aliphatic rings.